The van der Waals surface area contributed by atoms with Crippen LogP contribution in [0.15, 0.2) is 12.1 Å². The number of ether oxygens (including phenoxy) is 1. The first-order chi connectivity index (χ1) is 9.47. The summed E-state index contributed by atoms with van der Waals surface area (Å²) in [7, 11) is 3.89. The third-order valence-electron chi connectivity index (χ3n) is 4.26. The third kappa shape index (κ3) is 2.95. The van der Waals surface area contributed by atoms with Crippen molar-refractivity contribution in [2.24, 2.45) is 11.7 Å². The van der Waals surface area contributed by atoms with Crippen LogP contribution in [-0.2, 0) is 0 Å². The van der Waals surface area contributed by atoms with Crippen molar-refractivity contribution in [2.75, 3.05) is 27.2 Å². The van der Waals surface area contributed by atoms with Crippen molar-refractivity contribution < 1.29 is 4.74 Å². The molecule has 0 aliphatic carbocycles. The lowest BCUT2D eigenvalue weighted by molar-refractivity contribution is 0.302. The number of nitrogens with zero attached hydrogens (tertiary/aromatic N) is 1. The fourth-order valence-corrected chi connectivity index (χ4v) is 3.42. The molecule has 1 aliphatic rings. The summed E-state index contributed by atoms with van der Waals surface area (Å²) < 4.78 is 5.71. The standard InChI is InChI=1S/C16H25ClN2O/c1-10(2)13-6-12(17)7-14(16(13)20-4)15-5-11(8-18)9-19(15)3/h6-7,10-11,15H,5,8-9,18H2,1-4H3. The van der Waals surface area contributed by atoms with Gasteiger partial charge in [0.1, 0.15) is 5.75 Å². The van der Waals surface area contributed by atoms with E-state index in [-0.39, 0.29) is 0 Å². The second-order valence-corrected chi connectivity index (χ2v) is 6.50. The first-order valence-electron chi connectivity index (χ1n) is 7.25. The lowest BCUT2D eigenvalue weighted by Gasteiger charge is -2.25. The summed E-state index contributed by atoms with van der Waals surface area (Å²) in [6.07, 6.45) is 1.07. The molecule has 2 N–H and O–H groups in total. The zero-order chi connectivity index (χ0) is 14.9. The monoisotopic (exact) mass is 296 g/mol. The van der Waals surface area contributed by atoms with E-state index < -0.39 is 0 Å². The van der Waals surface area contributed by atoms with Gasteiger partial charge >= 0.3 is 0 Å². The zero-order valence-corrected chi connectivity index (χ0v) is 13.6. The highest BCUT2D eigenvalue weighted by atomic mass is 35.5. The normalized spacial score (nSPS) is 23.6. The molecular formula is C16H25ClN2O. The molecule has 0 bridgehead atoms. The molecule has 3 nitrogen and oxygen atoms in total. The van der Waals surface area contributed by atoms with Crippen LogP contribution in [0.4, 0.5) is 0 Å². The van der Waals surface area contributed by atoms with Gasteiger partial charge in [0.15, 0.2) is 0 Å². The number of methoxy groups -OCH3 is 1. The van der Waals surface area contributed by atoms with Gasteiger partial charge in [0, 0.05) is 23.2 Å². The van der Waals surface area contributed by atoms with E-state index in [1.165, 1.54) is 11.1 Å². The van der Waals surface area contributed by atoms with Gasteiger partial charge in [-0.15, -0.1) is 0 Å². The number of hydrogen-bond donors (Lipinski definition) is 1. The number of rotatable bonds is 4. The van der Waals surface area contributed by atoms with Gasteiger partial charge in [-0.3, -0.25) is 4.90 Å². The molecule has 2 unspecified atom stereocenters. The fourth-order valence-electron chi connectivity index (χ4n) is 3.19. The van der Waals surface area contributed by atoms with E-state index in [9.17, 15) is 0 Å². The van der Waals surface area contributed by atoms with E-state index in [2.05, 4.69) is 25.8 Å². The molecule has 2 atom stereocenters. The van der Waals surface area contributed by atoms with Crippen LogP contribution in [0.3, 0.4) is 0 Å². The van der Waals surface area contributed by atoms with Crippen molar-refractivity contribution in [1.29, 1.82) is 0 Å². The molecule has 1 saturated heterocycles. The van der Waals surface area contributed by atoms with Gasteiger partial charge in [-0.1, -0.05) is 25.4 Å². The highest BCUT2D eigenvalue weighted by Crippen LogP contribution is 2.42. The Morgan fingerprint density at radius 1 is 1.45 bits per heavy atom. The SMILES string of the molecule is COc1c(C(C)C)cc(Cl)cc1C1CC(CN)CN1C. The fraction of sp³-hybridized carbons (Fsp3) is 0.625. The minimum atomic E-state index is 0.342. The van der Waals surface area contributed by atoms with Gasteiger partial charge in [0.05, 0.1) is 7.11 Å². The summed E-state index contributed by atoms with van der Waals surface area (Å²) in [6.45, 7) is 6.10. The van der Waals surface area contributed by atoms with Crippen LogP contribution in [0, 0.1) is 5.92 Å². The molecule has 0 spiro atoms. The minimum Gasteiger partial charge on any atom is -0.496 e. The summed E-state index contributed by atoms with van der Waals surface area (Å²) in [6, 6.07) is 4.41. The molecule has 0 amide bonds. The van der Waals surface area contributed by atoms with Crippen LogP contribution in [0.2, 0.25) is 5.02 Å². The number of nitrogens with two attached hydrogens (primary N) is 1. The summed E-state index contributed by atoms with van der Waals surface area (Å²) in [5.41, 5.74) is 8.21. The Balaban J connectivity index is 2.45. The molecule has 1 aromatic carbocycles. The maximum Gasteiger partial charge on any atom is 0.127 e. The van der Waals surface area contributed by atoms with Crippen molar-refractivity contribution in [2.45, 2.75) is 32.2 Å². The van der Waals surface area contributed by atoms with Gasteiger partial charge in [-0.2, -0.15) is 0 Å². The lowest BCUT2D eigenvalue weighted by atomic mass is 9.93. The Morgan fingerprint density at radius 2 is 2.15 bits per heavy atom. The van der Waals surface area contributed by atoms with E-state index in [1.54, 1.807) is 7.11 Å². The van der Waals surface area contributed by atoms with Gasteiger partial charge in [0.2, 0.25) is 0 Å². The van der Waals surface area contributed by atoms with Crippen LogP contribution in [0.25, 0.3) is 0 Å². The zero-order valence-electron chi connectivity index (χ0n) is 12.8. The molecule has 112 valence electrons. The van der Waals surface area contributed by atoms with Crippen molar-refractivity contribution in [1.82, 2.24) is 4.90 Å². The van der Waals surface area contributed by atoms with E-state index in [4.69, 9.17) is 22.1 Å². The summed E-state index contributed by atoms with van der Waals surface area (Å²) in [4.78, 5) is 2.36. The van der Waals surface area contributed by atoms with Crippen LogP contribution >= 0.6 is 11.6 Å². The highest BCUT2D eigenvalue weighted by molar-refractivity contribution is 6.30. The second-order valence-electron chi connectivity index (χ2n) is 6.06. The first kappa shape index (κ1) is 15.6. The average Bonchev–Trinajstić information content (AvgIpc) is 2.78. The highest BCUT2D eigenvalue weighted by Gasteiger charge is 2.32. The minimum absolute atomic E-state index is 0.342. The Hall–Kier alpha value is -0.770. The third-order valence-corrected chi connectivity index (χ3v) is 4.48. The molecular weight excluding hydrogens is 272 g/mol. The van der Waals surface area contributed by atoms with E-state index >= 15 is 0 Å². The first-order valence-corrected chi connectivity index (χ1v) is 7.63. The van der Waals surface area contributed by atoms with Gasteiger partial charge in [0.25, 0.3) is 0 Å². The molecule has 20 heavy (non-hydrogen) atoms. The Morgan fingerprint density at radius 3 is 2.65 bits per heavy atom. The Kier molecular flexibility index (Phi) is 4.95. The van der Waals surface area contributed by atoms with Crippen molar-refractivity contribution in [3.8, 4) is 5.75 Å². The lowest BCUT2D eigenvalue weighted by Crippen LogP contribution is -2.21. The number of benzene rings is 1. The van der Waals surface area contributed by atoms with Crippen molar-refractivity contribution >= 4 is 11.6 Å². The predicted molar refractivity (Wildman–Crippen MR) is 84.6 cm³/mol. The average molecular weight is 297 g/mol. The molecule has 0 saturated carbocycles. The summed E-state index contributed by atoms with van der Waals surface area (Å²) >= 11 is 6.32. The van der Waals surface area contributed by atoms with Crippen LogP contribution < -0.4 is 10.5 Å². The molecule has 1 aliphatic heterocycles. The predicted octanol–water partition coefficient (Wildman–Crippen LogP) is 3.42. The smallest absolute Gasteiger partial charge is 0.127 e. The topological polar surface area (TPSA) is 38.5 Å². The molecule has 1 aromatic rings. The molecule has 4 heteroatoms. The van der Waals surface area contributed by atoms with E-state index in [0.717, 1.165) is 30.3 Å². The van der Waals surface area contributed by atoms with Crippen molar-refractivity contribution in [3.63, 3.8) is 0 Å². The maximum absolute atomic E-state index is 6.32. The van der Waals surface area contributed by atoms with Gasteiger partial charge in [-0.05, 0) is 49.5 Å². The number of likely N-dealkylation sites (tertiary alicyclic amines) is 1. The quantitative estimate of drug-likeness (QED) is 0.925. The Bertz CT molecular complexity index is 476. The number of halogens is 1. The summed E-state index contributed by atoms with van der Waals surface area (Å²) in [5.74, 6) is 1.93. The molecule has 1 fully saturated rings. The van der Waals surface area contributed by atoms with Crippen LogP contribution in [0.5, 0.6) is 5.75 Å². The summed E-state index contributed by atoms with van der Waals surface area (Å²) in [5, 5.41) is 0.786. The largest absolute Gasteiger partial charge is 0.496 e. The van der Waals surface area contributed by atoms with Crippen molar-refractivity contribution in [3.05, 3.63) is 28.3 Å². The maximum atomic E-state index is 6.32. The van der Waals surface area contributed by atoms with Gasteiger partial charge < -0.3 is 10.5 Å². The van der Waals surface area contributed by atoms with Gasteiger partial charge in [-0.25, -0.2) is 0 Å². The van der Waals surface area contributed by atoms with Crippen LogP contribution in [-0.4, -0.2) is 32.1 Å². The van der Waals surface area contributed by atoms with E-state index in [1.807, 2.05) is 12.1 Å². The second kappa shape index (κ2) is 6.33. The molecule has 2 rings (SSSR count). The molecule has 1 heterocycles. The molecule has 0 radical (unpaired) electrons. The Labute approximate surface area is 127 Å². The van der Waals surface area contributed by atoms with E-state index in [0.29, 0.717) is 17.9 Å². The van der Waals surface area contributed by atoms with Crippen LogP contribution in [0.1, 0.15) is 43.4 Å². The number of hydrogen-bond acceptors (Lipinski definition) is 3. The molecule has 0 aromatic heterocycles.